The number of nitrogens with zero attached hydrogens (tertiary/aromatic N) is 3. The molecule has 0 aromatic carbocycles. The van der Waals surface area contributed by atoms with Crippen molar-refractivity contribution in [2.24, 2.45) is 0 Å². The first kappa shape index (κ1) is 7.48. The zero-order chi connectivity index (χ0) is 8.72. The second kappa shape index (κ2) is 2.41. The molecule has 0 aliphatic carbocycles. The van der Waals surface area contributed by atoms with Crippen LogP contribution < -0.4 is 5.73 Å². The SMILES string of the molecule is Nc1nc2c(F)c(Br)ccn2n1. The van der Waals surface area contributed by atoms with Gasteiger partial charge in [-0.2, -0.15) is 4.98 Å². The lowest BCUT2D eigenvalue weighted by atomic mass is 10.5. The third kappa shape index (κ3) is 0.953. The number of nitrogens with two attached hydrogens (primary N) is 1. The molecule has 4 nitrogen and oxygen atoms in total. The van der Waals surface area contributed by atoms with Crippen LogP contribution in [0.4, 0.5) is 10.3 Å². The first-order valence-corrected chi connectivity index (χ1v) is 3.93. The standard InChI is InChI=1S/C6H4BrFN4/c7-3-1-2-12-5(4(3)8)10-6(9)11-12/h1-2H,(H2,9,11). The zero-order valence-electron chi connectivity index (χ0n) is 5.83. The van der Waals surface area contributed by atoms with E-state index in [0.717, 1.165) is 0 Å². The van der Waals surface area contributed by atoms with Crippen molar-refractivity contribution < 1.29 is 4.39 Å². The van der Waals surface area contributed by atoms with Crippen LogP contribution in [0.25, 0.3) is 5.65 Å². The van der Waals surface area contributed by atoms with E-state index in [1.54, 1.807) is 6.20 Å². The Kier molecular flexibility index (Phi) is 1.50. The third-order valence-electron chi connectivity index (χ3n) is 1.42. The van der Waals surface area contributed by atoms with Gasteiger partial charge in [0.25, 0.3) is 0 Å². The number of aromatic nitrogens is 3. The molecule has 2 heterocycles. The highest BCUT2D eigenvalue weighted by Gasteiger charge is 2.08. The maximum Gasteiger partial charge on any atom is 0.240 e. The van der Waals surface area contributed by atoms with Gasteiger partial charge in [-0.25, -0.2) is 8.91 Å². The summed E-state index contributed by atoms with van der Waals surface area (Å²) in [7, 11) is 0. The van der Waals surface area contributed by atoms with Crippen molar-refractivity contribution in [1.82, 2.24) is 14.6 Å². The van der Waals surface area contributed by atoms with E-state index in [1.807, 2.05) is 0 Å². The van der Waals surface area contributed by atoms with Crippen molar-refractivity contribution >= 4 is 27.5 Å². The maximum atomic E-state index is 13.2. The number of halogens is 2. The second-order valence-electron chi connectivity index (χ2n) is 2.22. The normalized spacial score (nSPS) is 10.8. The van der Waals surface area contributed by atoms with Gasteiger partial charge < -0.3 is 5.73 Å². The summed E-state index contributed by atoms with van der Waals surface area (Å²) >= 11 is 3.03. The van der Waals surface area contributed by atoms with E-state index in [9.17, 15) is 4.39 Å². The molecule has 12 heavy (non-hydrogen) atoms. The molecule has 2 N–H and O–H groups in total. The molecule has 0 saturated carbocycles. The van der Waals surface area contributed by atoms with Crippen molar-refractivity contribution in [3.05, 3.63) is 22.6 Å². The Balaban J connectivity index is 2.89. The van der Waals surface area contributed by atoms with E-state index in [-0.39, 0.29) is 11.6 Å². The van der Waals surface area contributed by atoms with E-state index in [0.29, 0.717) is 4.47 Å². The number of hydrogen-bond donors (Lipinski definition) is 1. The van der Waals surface area contributed by atoms with Crippen LogP contribution in [0.2, 0.25) is 0 Å². The Hall–Kier alpha value is -1.17. The molecule has 2 aromatic rings. The summed E-state index contributed by atoms with van der Waals surface area (Å²) in [5.74, 6) is -0.395. The average Bonchev–Trinajstić information content (AvgIpc) is 2.39. The van der Waals surface area contributed by atoms with E-state index < -0.39 is 5.82 Å². The van der Waals surface area contributed by atoms with Crippen LogP contribution in [0, 0.1) is 5.82 Å². The van der Waals surface area contributed by atoms with Gasteiger partial charge in [-0.05, 0) is 22.0 Å². The van der Waals surface area contributed by atoms with Crippen LogP contribution in [0.5, 0.6) is 0 Å². The van der Waals surface area contributed by atoms with Gasteiger partial charge in [0.05, 0.1) is 4.47 Å². The van der Waals surface area contributed by atoms with E-state index in [2.05, 4.69) is 26.0 Å². The highest BCUT2D eigenvalue weighted by atomic mass is 79.9. The molecule has 6 heteroatoms. The number of rotatable bonds is 0. The lowest BCUT2D eigenvalue weighted by Crippen LogP contribution is -1.90. The highest BCUT2D eigenvalue weighted by molar-refractivity contribution is 9.10. The largest absolute Gasteiger partial charge is 0.366 e. The fourth-order valence-corrected chi connectivity index (χ4v) is 1.20. The molecule has 0 unspecified atom stereocenters. The number of anilines is 1. The monoisotopic (exact) mass is 230 g/mol. The minimum atomic E-state index is -0.457. The molecule has 0 aliphatic rings. The molecule has 0 bridgehead atoms. The van der Waals surface area contributed by atoms with E-state index in [1.165, 1.54) is 10.6 Å². The Bertz CT molecular complexity index is 438. The van der Waals surface area contributed by atoms with Crippen molar-refractivity contribution in [2.75, 3.05) is 5.73 Å². The molecule has 0 fully saturated rings. The third-order valence-corrected chi connectivity index (χ3v) is 2.03. The summed E-state index contributed by atoms with van der Waals surface area (Å²) in [5, 5.41) is 3.74. The summed E-state index contributed by atoms with van der Waals surface area (Å²) in [6.45, 7) is 0. The second-order valence-corrected chi connectivity index (χ2v) is 3.07. The highest BCUT2D eigenvalue weighted by Crippen LogP contribution is 2.18. The molecular formula is C6H4BrFN4. The molecule has 2 rings (SSSR count). The summed E-state index contributed by atoms with van der Waals surface area (Å²) in [4.78, 5) is 3.70. The van der Waals surface area contributed by atoms with Gasteiger partial charge >= 0.3 is 0 Å². The molecule has 2 aromatic heterocycles. The Morgan fingerprint density at radius 1 is 1.58 bits per heavy atom. The Morgan fingerprint density at radius 2 is 2.33 bits per heavy atom. The van der Waals surface area contributed by atoms with Gasteiger partial charge in [0.15, 0.2) is 11.5 Å². The minimum absolute atomic E-state index is 0.0620. The maximum absolute atomic E-state index is 13.2. The van der Waals surface area contributed by atoms with Crippen LogP contribution in [0.15, 0.2) is 16.7 Å². The fourth-order valence-electron chi connectivity index (χ4n) is 0.909. The van der Waals surface area contributed by atoms with Gasteiger partial charge in [0, 0.05) is 6.20 Å². The lowest BCUT2D eigenvalue weighted by Gasteiger charge is -1.93. The Labute approximate surface area is 75.3 Å². The Morgan fingerprint density at radius 3 is 3.08 bits per heavy atom. The van der Waals surface area contributed by atoms with Gasteiger partial charge in [-0.1, -0.05) is 0 Å². The summed E-state index contributed by atoms with van der Waals surface area (Å²) < 4.78 is 14.8. The molecule has 0 amide bonds. The molecule has 0 aliphatic heterocycles. The topological polar surface area (TPSA) is 56.2 Å². The molecular weight excluding hydrogens is 227 g/mol. The van der Waals surface area contributed by atoms with Gasteiger partial charge in [-0.3, -0.25) is 0 Å². The van der Waals surface area contributed by atoms with Crippen LogP contribution in [0.3, 0.4) is 0 Å². The van der Waals surface area contributed by atoms with Crippen LogP contribution >= 0.6 is 15.9 Å². The number of fused-ring (bicyclic) bond motifs is 1. The van der Waals surface area contributed by atoms with Gasteiger partial charge in [0.1, 0.15) is 0 Å². The zero-order valence-corrected chi connectivity index (χ0v) is 7.42. The average molecular weight is 231 g/mol. The van der Waals surface area contributed by atoms with E-state index >= 15 is 0 Å². The summed E-state index contributed by atoms with van der Waals surface area (Å²) in [6, 6.07) is 1.54. The number of nitrogen functional groups attached to an aromatic ring is 1. The smallest absolute Gasteiger partial charge is 0.240 e. The van der Waals surface area contributed by atoms with Crippen molar-refractivity contribution in [1.29, 1.82) is 0 Å². The van der Waals surface area contributed by atoms with Crippen LogP contribution in [0.1, 0.15) is 0 Å². The van der Waals surface area contributed by atoms with E-state index in [4.69, 9.17) is 5.73 Å². The number of hydrogen-bond acceptors (Lipinski definition) is 3. The quantitative estimate of drug-likeness (QED) is 0.741. The van der Waals surface area contributed by atoms with Gasteiger partial charge in [-0.15, -0.1) is 5.10 Å². The summed E-state index contributed by atoms with van der Waals surface area (Å²) in [6.07, 6.45) is 1.58. The molecule has 0 saturated heterocycles. The van der Waals surface area contributed by atoms with Gasteiger partial charge in [0.2, 0.25) is 5.95 Å². The predicted octanol–water partition coefficient (Wildman–Crippen LogP) is 1.21. The molecule has 0 radical (unpaired) electrons. The van der Waals surface area contributed by atoms with Crippen LogP contribution in [-0.2, 0) is 0 Å². The van der Waals surface area contributed by atoms with Crippen molar-refractivity contribution in [2.45, 2.75) is 0 Å². The van der Waals surface area contributed by atoms with Crippen molar-refractivity contribution in [3.8, 4) is 0 Å². The number of pyridine rings is 1. The molecule has 0 spiro atoms. The minimum Gasteiger partial charge on any atom is -0.366 e. The van der Waals surface area contributed by atoms with Crippen LogP contribution in [-0.4, -0.2) is 14.6 Å². The predicted molar refractivity (Wildman–Crippen MR) is 45.1 cm³/mol. The molecule has 0 atom stereocenters. The molecule has 62 valence electrons. The fraction of sp³-hybridized carbons (Fsp3) is 0. The first-order chi connectivity index (χ1) is 5.68. The first-order valence-electron chi connectivity index (χ1n) is 3.14. The summed E-state index contributed by atoms with van der Waals surface area (Å²) in [5.41, 5.74) is 5.41. The lowest BCUT2D eigenvalue weighted by molar-refractivity contribution is 0.621. The van der Waals surface area contributed by atoms with Crippen molar-refractivity contribution in [3.63, 3.8) is 0 Å².